The van der Waals surface area contributed by atoms with Crippen LogP contribution in [0.5, 0.6) is 11.5 Å². The van der Waals surface area contributed by atoms with Crippen molar-refractivity contribution in [2.45, 2.75) is 24.7 Å². The van der Waals surface area contributed by atoms with Gasteiger partial charge in [0.25, 0.3) is 0 Å². The van der Waals surface area contributed by atoms with Crippen molar-refractivity contribution in [3.63, 3.8) is 0 Å². The monoisotopic (exact) mass is 481 g/mol. The maximum absolute atomic E-state index is 12.6. The fraction of sp³-hybridized carbons (Fsp3) is 0.250. The van der Waals surface area contributed by atoms with Crippen LogP contribution >= 0.6 is 0 Å². The second kappa shape index (κ2) is 10.1. The molecule has 0 unspecified atom stereocenters. The van der Waals surface area contributed by atoms with Crippen LogP contribution in [-0.4, -0.2) is 43.6 Å². The lowest BCUT2D eigenvalue weighted by Gasteiger charge is -2.13. The molecule has 9 nitrogen and oxygen atoms in total. The minimum Gasteiger partial charge on any atom is -0.493 e. The number of nitrogens with one attached hydrogen (secondary N) is 2. The van der Waals surface area contributed by atoms with Gasteiger partial charge in [-0.3, -0.25) is 4.40 Å². The number of fused-ring (bicyclic) bond motifs is 1. The highest BCUT2D eigenvalue weighted by molar-refractivity contribution is 7.89. The highest BCUT2D eigenvalue weighted by atomic mass is 32.2. The Morgan fingerprint density at radius 2 is 1.85 bits per heavy atom. The third-order valence-electron chi connectivity index (χ3n) is 5.29. The van der Waals surface area contributed by atoms with Gasteiger partial charge in [0.1, 0.15) is 5.65 Å². The van der Waals surface area contributed by atoms with Gasteiger partial charge in [0.15, 0.2) is 11.5 Å². The van der Waals surface area contributed by atoms with Crippen LogP contribution in [-0.2, 0) is 10.0 Å². The van der Waals surface area contributed by atoms with Crippen molar-refractivity contribution in [2.75, 3.05) is 26.1 Å². The SMILES string of the molecule is CCCCNS(=O)(=O)c1cccc(Nc2nc(-c3ccc(OC)c(OC)c3)cc3nccn23)c1. The predicted molar refractivity (Wildman–Crippen MR) is 131 cm³/mol. The van der Waals surface area contributed by atoms with Gasteiger partial charge >= 0.3 is 0 Å². The predicted octanol–water partition coefficient (Wildman–Crippen LogP) is 4.24. The number of hydrogen-bond acceptors (Lipinski definition) is 7. The quantitative estimate of drug-likeness (QED) is 0.326. The highest BCUT2D eigenvalue weighted by Gasteiger charge is 2.15. The minimum absolute atomic E-state index is 0.187. The average molecular weight is 482 g/mol. The molecule has 178 valence electrons. The van der Waals surface area contributed by atoms with E-state index in [4.69, 9.17) is 14.5 Å². The van der Waals surface area contributed by atoms with Crippen LogP contribution in [0.15, 0.2) is 65.8 Å². The minimum atomic E-state index is -3.60. The van der Waals surface area contributed by atoms with Gasteiger partial charge < -0.3 is 14.8 Å². The van der Waals surface area contributed by atoms with Gasteiger partial charge in [-0.1, -0.05) is 19.4 Å². The van der Waals surface area contributed by atoms with Gasteiger partial charge in [0, 0.05) is 36.3 Å². The summed E-state index contributed by atoms with van der Waals surface area (Å²) in [5.74, 6) is 1.71. The number of hydrogen-bond donors (Lipinski definition) is 2. The summed E-state index contributed by atoms with van der Waals surface area (Å²) < 4.78 is 40.5. The van der Waals surface area contributed by atoms with Crippen molar-refractivity contribution in [3.05, 3.63) is 60.9 Å². The molecule has 2 heterocycles. The molecule has 0 saturated heterocycles. The molecule has 0 atom stereocenters. The largest absolute Gasteiger partial charge is 0.493 e. The van der Waals surface area contributed by atoms with Crippen molar-refractivity contribution in [3.8, 4) is 22.8 Å². The van der Waals surface area contributed by atoms with Gasteiger partial charge in [0.05, 0.1) is 24.8 Å². The Kier molecular flexibility index (Phi) is 6.99. The molecular weight excluding hydrogens is 454 g/mol. The molecule has 2 aromatic carbocycles. The maximum Gasteiger partial charge on any atom is 0.240 e. The van der Waals surface area contributed by atoms with E-state index >= 15 is 0 Å². The molecule has 2 aromatic heterocycles. The van der Waals surface area contributed by atoms with Crippen molar-refractivity contribution < 1.29 is 17.9 Å². The third kappa shape index (κ3) is 4.97. The summed E-state index contributed by atoms with van der Waals surface area (Å²) in [4.78, 5) is 9.36. The molecular formula is C24H27N5O4S. The molecule has 4 rings (SSSR count). The summed E-state index contributed by atoms with van der Waals surface area (Å²) >= 11 is 0. The van der Waals surface area contributed by atoms with Crippen LogP contribution < -0.4 is 19.5 Å². The van der Waals surface area contributed by atoms with E-state index in [2.05, 4.69) is 15.0 Å². The van der Waals surface area contributed by atoms with E-state index in [1.807, 2.05) is 31.2 Å². The van der Waals surface area contributed by atoms with Crippen molar-refractivity contribution in [1.29, 1.82) is 0 Å². The summed E-state index contributed by atoms with van der Waals surface area (Å²) in [6.07, 6.45) is 5.16. The highest BCUT2D eigenvalue weighted by Crippen LogP contribution is 2.32. The Bertz CT molecular complexity index is 1400. The number of ether oxygens (including phenoxy) is 2. The number of aromatic nitrogens is 3. The molecule has 0 radical (unpaired) electrons. The van der Waals surface area contributed by atoms with Crippen molar-refractivity contribution in [2.24, 2.45) is 0 Å². The summed E-state index contributed by atoms with van der Waals surface area (Å²) in [7, 11) is -0.433. The first-order valence-corrected chi connectivity index (χ1v) is 12.4. The van der Waals surface area contributed by atoms with Crippen LogP contribution in [0.2, 0.25) is 0 Å². The first kappa shape index (κ1) is 23.5. The number of unbranched alkanes of at least 4 members (excludes halogenated alkanes) is 1. The standard InChI is InChI=1S/C24H27N5O4S/c1-4-5-11-26-34(30,31)19-8-6-7-18(15-19)27-24-28-20(16-23-25-12-13-29(23)24)17-9-10-21(32-2)22(14-17)33-3/h6-10,12-16,26H,4-5,11H2,1-3H3,(H,27,28). The zero-order chi connectivity index (χ0) is 24.1. The Hall–Kier alpha value is -3.63. The second-order valence-electron chi connectivity index (χ2n) is 7.59. The van der Waals surface area contributed by atoms with E-state index in [0.717, 1.165) is 18.4 Å². The molecule has 2 N–H and O–H groups in total. The number of sulfonamides is 1. The van der Waals surface area contributed by atoms with Gasteiger partial charge in [-0.05, 0) is 42.8 Å². The van der Waals surface area contributed by atoms with Gasteiger partial charge in [0.2, 0.25) is 16.0 Å². The van der Waals surface area contributed by atoms with E-state index < -0.39 is 10.0 Å². The van der Waals surface area contributed by atoms with E-state index in [0.29, 0.717) is 41.0 Å². The number of anilines is 2. The number of nitrogens with zero attached hydrogens (tertiary/aromatic N) is 3. The number of imidazole rings is 1. The zero-order valence-electron chi connectivity index (χ0n) is 19.3. The van der Waals surface area contributed by atoms with Crippen molar-refractivity contribution >= 4 is 27.3 Å². The molecule has 0 spiro atoms. The lowest BCUT2D eigenvalue weighted by Crippen LogP contribution is -2.24. The average Bonchev–Trinajstić information content (AvgIpc) is 3.33. The smallest absolute Gasteiger partial charge is 0.240 e. The molecule has 4 aromatic rings. The number of methoxy groups -OCH3 is 2. The number of benzene rings is 2. The van der Waals surface area contributed by atoms with Crippen LogP contribution in [0.25, 0.3) is 16.9 Å². The first-order chi connectivity index (χ1) is 16.4. The van der Waals surface area contributed by atoms with Gasteiger partial charge in [-0.25, -0.2) is 23.1 Å². The summed E-state index contributed by atoms with van der Waals surface area (Å²) in [6.45, 7) is 2.42. The van der Waals surface area contributed by atoms with Gasteiger partial charge in [-0.15, -0.1) is 0 Å². The Morgan fingerprint density at radius 1 is 1.03 bits per heavy atom. The first-order valence-electron chi connectivity index (χ1n) is 10.9. The topological polar surface area (TPSA) is 107 Å². The molecule has 0 bridgehead atoms. The molecule has 0 aliphatic rings. The van der Waals surface area contributed by atoms with Crippen LogP contribution in [0, 0.1) is 0 Å². The normalized spacial score (nSPS) is 11.5. The fourth-order valence-electron chi connectivity index (χ4n) is 3.49. The molecule has 0 aliphatic heterocycles. The van der Waals surface area contributed by atoms with E-state index in [9.17, 15) is 8.42 Å². The lowest BCUT2D eigenvalue weighted by molar-refractivity contribution is 0.355. The Labute approximate surface area is 198 Å². The molecule has 0 aliphatic carbocycles. The van der Waals surface area contributed by atoms with Gasteiger partial charge in [-0.2, -0.15) is 0 Å². The molecule has 10 heteroatoms. The molecule has 0 fully saturated rings. The summed E-state index contributed by atoms with van der Waals surface area (Å²) in [6, 6.07) is 14.1. The van der Waals surface area contributed by atoms with Crippen LogP contribution in [0.4, 0.5) is 11.6 Å². The van der Waals surface area contributed by atoms with E-state index in [1.165, 1.54) is 0 Å². The molecule has 0 saturated carbocycles. The van der Waals surface area contributed by atoms with E-state index in [1.54, 1.807) is 55.3 Å². The zero-order valence-corrected chi connectivity index (χ0v) is 20.1. The number of rotatable bonds is 10. The van der Waals surface area contributed by atoms with Crippen molar-refractivity contribution in [1.82, 2.24) is 19.1 Å². The molecule has 34 heavy (non-hydrogen) atoms. The summed E-state index contributed by atoms with van der Waals surface area (Å²) in [5.41, 5.74) is 2.77. The van der Waals surface area contributed by atoms with Crippen LogP contribution in [0.1, 0.15) is 19.8 Å². The van der Waals surface area contributed by atoms with E-state index in [-0.39, 0.29) is 4.90 Å². The Balaban J connectivity index is 1.69. The maximum atomic E-state index is 12.6. The van der Waals surface area contributed by atoms with Crippen LogP contribution in [0.3, 0.4) is 0 Å². The summed E-state index contributed by atoms with van der Waals surface area (Å²) in [5, 5.41) is 3.24. The lowest BCUT2D eigenvalue weighted by atomic mass is 10.1. The fourth-order valence-corrected chi connectivity index (χ4v) is 4.61. The second-order valence-corrected chi connectivity index (χ2v) is 9.36. The Morgan fingerprint density at radius 3 is 2.62 bits per heavy atom. The molecule has 0 amide bonds. The third-order valence-corrected chi connectivity index (χ3v) is 6.75.